The van der Waals surface area contributed by atoms with Crippen LogP contribution in [0.4, 0.5) is 8.78 Å². The van der Waals surface area contributed by atoms with E-state index in [9.17, 15) is 18.7 Å². The molecule has 4 rings (SSSR count). The number of carbonyl (C=O) groups is 1. The lowest BCUT2D eigenvalue weighted by Gasteiger charge is -2.21. The highest BCUT2D eigenvalue weighted by atomic mass is 19.1. The molecule has 2 fully saturated rings. The van der Waals surface area contributed by atoms with E-state index in [1.807, 2.05) is 12.1 Å². The summed E-state index contributed by atoms with van der Waals surface area (Å²) in [5.41, 5.74) is -0.109. The maximum absolute atomic E-state index is 13.6. The van der Waals surface area contributed by atoms with Crippen molar-refractivity contribution in [3.63, 3.8) is 0 Å². The van der Waals surface area contributed by atoms with Gasteiger partial charge in [-0.25, -0.2) is 8.78 Å². The minimum atomic E-state index is -1.14. The summed E-state index contributed by atoms with van der Waals surface area (Å²) in [5, 5.41) is 9.20. The second kappa shape index (κ2) is 5.86. The Morgan fingerprint density at radius 3 is 2.48 bits per heavy atom. The molecule has 1 N–H and O–H groups in total. The van der Waals surface area contributed by atoms with Gasteiger partial charge in [0, 0.05) is 17.5 Å². The summed E-state index contributed by atoms with van der Waals surface area (Å²) in [6.07, 6.45) is 2.84. The molecule has 0 bridgehead atoms. The standard InChI is InChI=1S/C19H19F2NO3/c1-10-6-14(10)17-5-4-13(25-17)9-22(12-2-3-12)19(24)11-7-15(20)18(23)16(21)8-11/h4-5,7-8,10,12,14,23H,2-3,6,9H2,1H3. The lowest BCUT2D eigenvalue weighted by molar-refractivity contribution is 0.0715. The summed E-state index contributed by atoms with van der Waals surface area (Å²) in [4.78, 5) is 14.3. The Hall–Kier alpha value is -2.37. The lowest BCUT2D eigenvalue weighted by atomic mass is 10.1. The lowest BCUT2D eigenvalue weighted by Crippen LogP contribution is -2.32. The predicted octanol–water partition coefficient (Wildman–Crippen LogP) is 4.19. The van der Waals surface area contributed by atoms with Crippen LogP contribution in [-0.4, -0.2) is 22.0 Å². The van der Waals surface area contributed by atoms with Crippen molar-refractivity contribution in [2.45, 2.75) is 44.7 Å². The number of carbonyl (C=O) groups excluding carboxylic acids is 1. The molecule has 2 atom stereocenters. The van der Waals surface area contributed by atoms with Crippen LogP contribution in [0, 0.1) is 17.6 Å². The number of halogens is 2. The fourth-order valence-electron chi connectivity index (χ4n) is 3.17. The minimum absolute atomic E-state index is 0.0563. The maximum atomic E-state index is 13.6. The summed E-state index contributed by atoms with van der Waals surface area (Å²) in [6, 6.07) is 5.60. The molecule has 0 radical (unpaired) electrons. The fraction of sp³-hybridized carbons (Fsp3) is 0.421. The van der Waals surface area contributed by atoms with Crippen LogP contribution in [0.2, 0.25) is 0 Å². The van der Waals surface area contributed by atoms with Crippen molar-refractivity contribution in [3.05, 3.63) is 53.0 Å². The van der Waals surface area contributed by atoms with Crippen molar-refractivity contribution >= 4 is 5.91 Å². The minimum Gasteiger partial charge on any atom is -0.503 e. The predicted molar refractivity (Wildman–Crippen MR) is 86.1 cm³/mol. The SMILES string of the molecule is CC1CC1c1ccc(CN(C(=O)c2cc(F)c(O)c(F)c2)C2CC2)o1. The van der Waals surface area contributed by atoms with Gasteiger partial charge in [0.25, 0.3) is 5.91 Å². The van der Waals surface area contributed by atoms with Gasteiger partial charge in [-0.05, 0) is 49.4 Å². The van der Waals surface area contributed by atoms with Crippen LogP contribution in [0.5, 0.6) is 5.75 Å². The van der Waals surface area contributed by atoms with Gasteiger partial charge in [-0.3, -0.25) is 4.79 Å². The number of furan rings is 1. The average Bonchev–Trinajstić information content (AvgIpc) is 3.50. The van der Waals surface area contributed by atoms with E-state index in [4.69, 9.17) is 4.42 Å². The molecule has 2 aromatic rings. The molecule has 6 heteroatoms. The Bertz CT molecular complexity index is 805. The van der Waals surface area contributed by atoms with Crippen molar-refractivity contribution in [2.24, 2.45) is 5.92 Å². The van der Waals surface area contributed by atoms with Gasteiger partial charge in [-0.2, -0.15) is 0 Å². The summed E-state index contributed by atoms with van der Waals surface area (Å²) >= 11 is 0. The molecule has 1 aromatic carbocycles. The number of hydrogen-bond donors (Lipinski definition) is 1. The van der Waals surface area contributed by atoms with Crippen LogP contribution in [0.25, 0.3) is 0 Å². The zero-order valence-corrected chi connectivity index (χ0v) is 13.8. The van der Waals surface area contributed by atoms with Crippen molar-refractivity contribution in [1.82, 2.24) is 4.90 Å². The normalized spacial score (nSPS) is 22.0. The molecule has 1 aromatic heterocycles. The molecule has 2 unspecified atom stereocenters. The quantitative estimate of drug-likeness (QED) is 0.882. The largest absolute Gasteiger partial charge is 0.503 e. The first-order valence-corrected chi connectivity index (χ1v) is 8.51. The monoisotopic (exact) mass is 347 g/mol. The van der Waals surface area contributed by atoms with E-state index in [0.29, 0.717) is 17.6 Å². The third-order valence-corrected chi connectivity index (χ3v) is 5.00. The topological polar surface area (TPSA) is 53.7 Å². The van der Waals surface area contributed by atoms with Gasteiger partial charge in [-0.1, -0.05) is 6.92 Å². The van der Waals surface area contributed by atoms with Crippen molar-refractivity contribution in [3.8, 4) is 5.75 Å². The van der Waals surface area contributed by atoms with Gasteiger partial charge in [-0.15, -0.1) is 0 Å². The van der Waals surface area contributed by atoms with E-state index in [1.165, 1.54) is 0 Å². The molecule has 2 aliphatic carbocycles. The Morgan fingerprint density at radius 2 is 1.92 bits per heavy atom. The molecule has 0 aliphatic heterocycles. The number of benzene rings is 1. The molecule has 1 heterocycles. The van der Waals surface area contributed by atoms with Crippen molar-refractivity contribution in [1.29, 1.82) is 0 Å². The third kappa shape index (κ3) is 3.13. The first-order valence-electron chi connectivity index (χ1n) is 8.51. The number of phenols is 1. The highest BCUT2D eigenvalue weighted by Gasteiger charge is 2.38. The van der Waals surface area contributed by atoms with Gasteiger partial charge in [0.2, 0.25) is 0 Å². The molecule has 2 saturated carbocycles. The smallest absolute Gasteiger partial charge is 0.254 e. The molecule has 0 spiro atoms. The maximum Gasteiger partial charge on any atom is 0.254 e. The molecule has 2 aliphatic rings. The summed E-state index contributed by atoms with van der Waals surface area (Å²) in [6.45, 7) is 2.44. The second-order valence-corrected chi connectivity index (χ2v) is 7.08. The molecular weight excluding hydrogens is 328 g/mol. The van der Waals surface area contributed by atoms with Gasteiger partial charge >= 0.3 is 0 Å². The molecule has 0 saturated heterocycles. The van der Waals surface area contributed by atoms with Gasteiger partial charge in [0.1, 0.15) is 11.5 Å². The number of phenolic OH excluding ortho intramolecular Hbond substituents is 1. The van der Waals surface area contributed by atoms with Crippen LogP contribution in [-0.2, 0) is 6.54 Å². The average molecular weight is 347 g/mol. The number of rotatable bonds is 5. The first kappa shape index (κ1) is 16.1. The van der Waals surface area contributed by atoms with Crippen LogP contribution < -0.4 is 0 Å². The summed E-state index contributed by atoms with van der Waals surface area (Å²) in [5.74, 6) is -1.10. The molecular formula is C19H19F2NO3. The van der Waals surface area contributed by atoms with E-state index in [0.717, 1.165) is 37.2 Å². The number of aromatic hydroxyl groups is 1. The zero-order chi connectivity index (χ0) is 17.7. The number of hydrogen-bond acceptors (Lipinski definition) is 3. The second-order valence-electron chi connectivity index (χ2n) is 7.08. The van der Waals surface area contributed by atoms with Gasteiger partial charge < -0.3 is 14.4 Å². The summed E-state index contributed by atoms with van der Waals surface area (Å²) < 4.78 is 33.0. The van der Waals surface area contributed by atoms with Crippen LogP contribution in [0.1, 0.15) is 54.0 Å². The van der Waals surface area contributed by atoms with Crippen LogP contribution in [0.15, 0.2) is 28.7 Å². The molecule has 1 amide bonds. The third-order valence-electron chi connectivity index (χ3n) is 5.00. The van der Waals surface area contributed by atoms with Crippen molar-refractivity contribution < 1.29 is 23.1 Å². The first-order chi connectivity index (χ1) is 11.9. The Balaban J connectivity index is 1.55. The molecule has 132 valence electrons. The van der Waals surface area contributed by atoms with E-state index >= 15 is 0 Å². The van der Waals surface area contributed by atoms with Crippen LogP contribution >= 0.6 is 0 Å². The Labute approximate surface area is 144 Å². The van der Waals surface area contributed by atoms with E-state index < -0.39 is 23.3 Å². The fourth-order valence-corrected chi connectivity index (χ4v) is 3.17. The van der Waals surface area contributed by atoms with E-state index in [-0.39, 0.29) is 18.2 Å². The van der Waals surface area contributed by atoms with E-state index in [2.05, 4.69) is 6.92 Å². The number of nitrogens with zero attached hydrogens (tertiary/aromatic N) is 1. The molecule has 4 nitrogen and oxygen atoms in total. The van der Waals surface area contributed by atoms with Gasteiger partial charge in [0.05, 0.1) is 6.54 Å². The van der Waals surface area contributed by atoms with Crippen LogP contribution in [0.3, 0.4) is 0 Å². The van der Waals surface area contributed by atoms with Gasteiger partial charge in [0.15, 0.2) is 17.4 Å². The Kier molecular flexibility index (Phi) is 3.78. The zero-order valence-electron chi connectivity index (χ0n) is 13.8. The molecule has 25 heavy (non-hydrogen) atoms. The number of amides is 1. The van der Waals surface area contributed by atoms with Crippen molar-refractivity contribution in [2.75, 3.05) is 0 Å². The van der Waals surface area contributed by atoms with E-state index in [1.54, 1.807) is 4.90 Å². The Morgan fingerprint density at radius 1 is 1.28 bits per heavy atom. The highest BCUT2D eigenvalue weighted by Crippen LogP contribution is 2.47. The highest BCUT2D eigenvalue weighted by molar-refractivity contribution is 5.94. The summed E-state index contributed by atoms with van der Waals surface area (Å²) in [7, 11) is 0.